The summed E-state index contributed by atoms with van der Waals surface area (Å²) in [5.41, 5.74) is 0. The molecular formula is C63H122N6O12. The third-order valence-electron chi connectivity index (χ3n) is 14.4. The van der Waals surface area contributed by atoms with Crippen LogP contribution in [0.2, 0.25) is 0 Å². The van der Waals surface area contributed by atoms with Crippen molar-refractivity contribution < 1.29 is 57.6 Å². The Bertz CT molecular complexity index is 1460. The molecule has 0 aliphatic carbocycles. The van der Waals surface area contributed by atoms with Gasteiger partial charge in [0.25, 0.3) is 0 Å². The van der Waals surface area contributed by atoms with E-state index >= 15 is 0 Å². The second kappa shape index (κ2) is 62.6. The first kappa shape index (κ1) is 77.6. The normalized spacial score (nSPS) is 12.0. The number of methoxy groups -OCH3 is 1. The first-order chi connectivity index (χ1) is 39.6. The van der Waals surface area contributed by atoms with Gasteiger partial charge >= 0.3 is 0 Å². The van der Waals surface area contributed by atoms with Gasteiger partial charge in [0, 0.05) is 84.1 Å². The van der Waals surface area contributed by atoms with Gasteiger partial charge in [-0.2, -0.15) is 0 Å². The summed E-state index contributed by atoms with van der Waals surface area (Å²) >= 11 is 0. The SMILES string of the molecule is CCCCCCCCCCCCCCCC(=O)NCCOCCOCC(=O)NCCCC[C@@H](CC(=O)NCCCCC(CO)COC)NC(=O)CCCNC(=O)COCCOCCNC(=O)CCCCCCCCCCCCCCC. The number of unbranched alkanes of at least 4 members (excludes halogenated alkanes) is 26. The molecule has 0 spiro atoms. The molecule has 18 nitrogen and oxygen atoms in total. The van der Waals surface area contributed by atoms with Crippen molar-refractivity contribution in [3.05, 3.63) is 0 Å². The summed E-state index contributed by atoms with van der Waals surface area (Å²) in [6, 6.07) is -0.412. The zero-order valence-corrected chi connectivity index (χ0v) is 51.9. The highest BCUT2D eigenvalue weighted by atomic mass is 16.5. The fourth-order valence-corrected chi connectivity index (χ4v) is 9.47. The van der Waals surface area contributed by atoms with Crippen molar-refractivity contribution in [2.45, 2.75) is 257 Å². The average molecular weight is 1160 g/mol. The number of rotatable bonds is 64. The van der Waals surface area contributed by atoms with Gasteiger partial charge in [0.2, 0.25) is 35.4 Å². The van der Waals surface area contributed by atoms with Crippen LogP contribution in [0.25, 0.3) is 0 Å². The molecule has 81 heavy (non-hydrogen) atoms. The number of carbonyl (C=O) groups is 6. The second-order valence-electron chi connectivity index (χ2n) is 22.1. The molecule has 0 heterocycles. The minimum atomic E-state index is -0.412. The lowest BCUT2D eigenvalue weighted by Crippen LogP contribution is -2.40. The Balaban J connectivity index is 4.22. The number of ether oxygens (including phenoxy) is 5. The minimum absolute atomic E-state index is 0.0474. The third kappa shape index (κ3) is 59.5. The van der Waals surface area contributed by atoms with Crippen molar-refractivity contribution >= 4 is 35.4 Å². The molecule has 6 amide bonds. The standard InChI is InChI=1S/C63H122N6O12/c1-4-6-8-10-12-14-16-18-20-22-24-26-28-37-58(71)67-43-45-78-47-49-80-54-62(75)65-41-33-31-36-57(51-61(74)64-40-32-30-35-56(52-70)53-77-3)69-60(73)39-34-42-66-63(76)55-81-50-48-79-46-44-68-59(72)38-29-27-25-23-21-19-17-15-13-11-9-7-5-2/h56-57,70H,4-55H2,1-3H3,(H,64,74)(H,65,75)(H,66,76)(H,67,71)(H,68,72)(H,69,73)/t56?,57-/m0/s1. The summed E-state index contributed by atoms with van der Waals surface area (Å²) in [6.45, 7) is 8.71. The van der Waals surface area contributed by atoms with E-state index < -0.39 is 6.04 Å². The van der Waals surface area contributed by atoms with Gasteiger partial charge in [0.15, 0.2) is 0 Å². The zero-order valence-electron chi connectivity index (χ0n) is 51.9. The van der Waals surface area contributed by atoms with Gasteiger partial charge in [0.05, 0.1) is 46.2 Å². The number of hydrogen-bond acceptors (Lipinski definition) is 12. The number of aliphatic hydroxyl groups is 1. The van der Waals surface area contributed by atoms with E-state index in [4.69, 9.17) is 23.7 Å². The Morgan fingerprint density at radius 1 is 0.358 bits per heavy atom. The lowest BCUT2D eigenvalue weighted by Gasteiger charge is -2.19. The van der Waals surface area contributed by atoms with Crippen molar-refractivity contribution in [3.8, 4) is 0 Å². The van der Waals surface area contributed by atoms with Crippen LogP contribution >= 0.6 is 0 Å². The van der Waals surface area contributed by atoms with Gasteiger partial charge in [-0.15, -0.1) is 0 Å². The van der Waals surface area contributed by atoms with Gasteiger partial charge in [-0.25, -0.2) is 0 Å². The minimum Gasteiger partial charge on any atom is -0.396 e. The second-order valence-corrected chi connectivity index (χ2v) is 22.1. The monoisotopic (exact) mass is 1150 g/mol. The summed E-state index contributed by atoms with van der Waals surface area (Å²) < 4.78 is 27.1. The van der Waals surface area contributed by atoms with Crippen molar-refractivity contribution in [2.24, 2.45) is 5.92 Å². The fraction of sp³-hybridized carbons (Fsp3) is 0.905. The van der Waals surface area contributed by atoms with E-state index in [1.807, 2.05) is 0 Å². The summed E-state index contributed by atoms with van der Waals surface area (Å²) in [5.74, 6) is -0.774. The summed E-state index contributed by atoms with van der Waals surface area (Å²) in [7, 11) is 1.61. The first-order valence-corrected chi connectivity index (χ1v) is 32.7. The molecule has 0 aromatic heterocycles. The van der Waals surface area contributed by atoms with Crippen LogP contribution in [0.5, 0.6) is 0 Å². The molecule has 0 aliphatic rings. The van der Waals surface area contributed by atoms with Crippen molar-refractivity contribution in [1.82, 2.24) is 31.9 Å². The van der Waals surface area contributed by atoms with Crippen LogP contribution in [0.1, 0.15) is 251 Å². The molecule has 0 saturated carbocycles. The van der Waals surface area contributed by atoms with Crippen LogP contribution < -0.4 is 31.9 Å². The lowest BCUT2D eigenvalue weighted by molar-refractivity contribution is -0.127. The quantitative estimate of drug-likeness (QED) is 0.0282. The molecule has 0 bridgehead atoms. The van der Waals surface area contributed by atoms with Crippen LogP contribution in [0.15, 0.2) is 0 Å². The van der Waals surface area contributed by atoms with E-state index in [2.05, 4.69) is 45.7 Å². The average Bonchev–Trinajstić information content (AvgIpc) is 3.45. The molecule has 0 radical (unpaired) electrons. The Hall–Kier alpha value is -3.42. The highest BCUT2D eigenvalue weighted by molar-refractivity contribution is 5.80. The lowest BCUT2D eigenvalue weighted by atomic mass is 10.0. The smallest absolute Gasteiger partial charge is 0.245 e. The van der Waals surface area contributed by atoms with Crippen LogP contribution in [0.3, 0.4) is 0 Å². The molecule has 0 fully saturated rings. The van der Waals surface area contributed by atoms with Crippen molar-refractivity contribution in [2.75, 3.05) is 106 Å². The highest BCUT2D eigenvalue weighted by Gasteiger charge is 2.17. The van der Waals surface area contributed by atoms with E-state index in [1.54, 1.807) is 7.11 Å². The number of carbonyl (C=O) groups excluding carboxylic acids is 6. The summed E-state index contributed by atoms with van der Waals surface area (Å²) in [4.78, 5) is 74.9. The largest absolute Gasteiger partial charge is 0.396 e. The topological polar surface area (TPSA) is 241 Å². The van der Waals surface area contributed by atoms with Crippen LogP contribution in [-0.2, 0) is 52.5 Å². The van der Waals surface area contributed by atoms with Gasteiger partial charge in [-0.3, -0.25) is 28.8 Å². The Morgan fingerprint density at radius 3 is 1.14 bits per heavy atom. The third-order valence-corrected chi connectivity index (χ3v) is 14.4. The summed E-state index contributed by atoms with van der Waals surface area (Å²) in [5, 5.41) is 26.9. The van der Waals surface area contributed by atoms with Crippen LogP contribution in [0, 0.1) is 5.92 Å². The van der Waals surface area contributed by atoms with Gasteiger partial charge < -0.3 is 60.7 Å². The predicted molar refractivity (Wildman–Crippen MR) is 325 cm³/mol. The molecule has 0 saturated heterocycles. The Morgan fingerprint density at radius 2 is 0.716 bits per heavy atom. The van der Waals surface area contributed by atoms with Crippen molar-refractivity contribution in [3.63, 3.8) is 0 Å². The predicted octanol–water partition coefficient (Wildman–Crippen LogP) is 9.85. The molecule has 7 N–H and O–H groups in total. The molecule has 476 valence electrons. The Kier molecular flexibility index (Phi) is 60.0. The van der Waals surface area contributed by atoms with Crippen LogP contribution in [0.4, 0.5) is 0 Å². The number of amides is 6. The first-order valence-electron chi connectivity index (χ1n) is 32.7. The zero-order chi connectivity index (χ0) is 59.2. The molecule has 0 aliphatic heterocycles. The number of aliphatic hydroxyl groups excluding tert-OH is 1. The molecular weight excluding hydrogens is 1030 g/mol. The van der Waals surface area contributed by atoms with E-state index in [1.165, 1.54) is 141 Å². The number of nitrogens with one attached hydrogen (secondary N) is 6. The molecule has 0 aromatic rings. The van der Waals surface area contributed by atoms with Gasteiger partial charge in [0.1, 0.15) is 13.2 Å². The Labute approximate surface area is 492 Å². The van der Waals surface area contributed by atoms with E-state index in [0.29, 0.717) is 97.7 Å². The molecule has 18 heteroatoms. The fourth-order valence-electron chi connectivity index (χ4n) is 9.47. The van der Waals surface area contributed by atoms with Gasteiger partial charge in [-0.05, 0) is 51.4 Å². The van der Waals surface area contributed by atoms with Crippen molar-refractivity contribution in [1.29, 1.82) is 0 Å². The maximum Gasteiger partial charge on any atom is 0.245 e. The highest BCUT2D eigenvalue weighted by Crippen LogP contribution is 2.15. The summed E-state index contributed by atoms with van der Waals surface area (Å²) in [6.07, 6.45) is 39.1. The maximum absolute atomic E-state index is 13.0. The van der Waals surface area contributed by atoms with E-state index in [0.717, 1.165) is 44.9 Å². The van der Waals surface area contributed by atoms with E-state index in [-0.39, 0.29) is 93.8 Å². The number of hydrogen-bond donors (Lipinski definition) is 7. The van der Waals surface area contributed by atoms with E-state index in [9.17, 15) is 33.9 Å². The molecule has 0 rings (SSSR count). The molecule has 2 atom stereocenters. The van der Waals surface area contributed by atoms with Gasteiger partial charge in [-0.1, -0.05) is 174 Å². The van der Waals surface area contributed by atoms with Crippen LogP contribution in [-0.4, -0.2) is 152 Å². The molecule has 1 unspecified atom stereocenters. The molecule has 0 aromatic carbocycles. The maximum atomic E-state index is 13.0.